The van der Waals surface area contributed by atoms with Gasteiger partial charge in [0.25, 0.3) is 5.56 Å². The van der Waals surface area contributed by atoms with Gasteiger partial charge in [0.05, 0.1) is 37.5 Å². The van der Waals surface area contributed by atoms with Crippen LogP contribution in [0.2, 0.25) is 5.02 Å². The van der Waals surface area contributed by atoms with E-state index in [4.69, 9.17) is 16.3 Å². The Kier molecular flexibility index (Phi) is 8.40. The first-order valence-corrected chi connectivity index (χ1v) is 12.1. The molecule has 2 aromatic carbocycles. The fourth-order valence-electron chi connectivity index (χ4n) is 4.07. The topological polar surface area (TPSA) is 104 Å². The van der Waals surface area contributed by atoms with Crippen LogP contribution in [0, 0.1) is 11.6 Å². The largest absolute Gasteiger partial charge is 0.487 e. The number of carbonyl (C=O) groups is 2. The van der Waals surface area contributed by atoms with Gasteiger partial charge in [0.2, 0.25) is 11.8 Å². The number of benzene rings is 2. The number of anilines is 2. The van der Waals surface area contributed by atoms with Crippen molar-refractivity contribution in [3.05, 3.63) is 86.8 Å². The van der Waals surface area contributed by atoms with Gasteiger partial charge in [-0.3, -0.25) is 24.2 Å². The lowest BCUT2D eigenvalue weighted by Gasteiger charge is -2.18. The number of nitrogens with one attached hydrogen (secondary N) is 1. The molecule has 38 heavy (non-hydrogen) atoms. The van der Waals surface area contributed by atoms with Crippen molar-refractivity contribution in [2.45, 2.75) is 19.6 Å². The van der Waals surface area contributed by atoms with E-state index in [1.165, 1.54) is 32.7 Å². The number of aromatic nitrogens is 1. The first-order chi connectivity index (χ1) is 18.2. The van der Waals surface area contributed by atoms with Gasteiger partial charge in [-0.1, -0.05) is 17.7 Å². The second-order valence-electron chi connectivity index (χ2n) is 8.56. The molecule has 2 N–H and O–H groups in total. The molecule has 4 rings (SSSR count). The molecule has 0 aliphatic carbocycles. The summed E-state index contributed by atoms with van der Waals surface area (Å²) in [5, 5.41) is 11.8. The van der Waals surface area contributed by atoms with Crippen molar-refractivity contribution in [3.8, 4) is 5.75 Å². The summed E-state index contributed by atoms with van der Waals surface area (Å²) in [6, 6.07) is 9.70. The van der Waals surface area contributed by atoms with Crippen molar-refractivity contribution in [2.75, 3.05) is 36.7 Å². The monoisotopic (exact) mass is 546 g/mol. The van der Waals surface area contributed by atoms with Gasteiger partial charge >= 0.3 is 0 Å². The molecule has 0 spiro atoms. The second-order valence-corrected chi connectivity index (χ2v) is 8.94. The van der Waals surface area contributed by atoms with Crippen LogP contribution in [0.4, 0.5) is 20.2 Å². The van der Waals surface area contributed by atoms with Crippen molar-refractivity contribution in [3.63, 3.8) is 0 Å². The van der Waals surface area contributed by atoms with Gasteiger partial charge in [-0.15, -0.1) is 0 Å². The molecule has 0 fully saturated rings. The van der Waals surface area contributed by atoms with Gasteiger partial charge in [-0.2, -0.15) is 0 Å². The fourth-order valence-corrected chi connectivity index (χ4v) is 4.29. The third kappa shape index (κ3) is 5.69. The Morgan fingerprint density at radius 1 is 1.08 bits per heavy atom. The Bertz CT molecular complexity index is 1430. The number of nitrogens with zero attached hydrogens (tertiary/aromatic N) is 3. The lowest BCUT2D eigenvalue weighted by Crippen LogP contribution is -2.41. The molecule has 3 aromatic rings. The first kappa shape index (κ1) is 27.2. The highest BCUT2D eigenvalue weighted by atomic mass is 35.5. The summed E-state index contributed by atoms with van der Waals surface area (Å²) in [6.45, 7) is -0.374. The molecule has 1 aliphatic heterocycles. The number of likely N-dealkylation sites (N-methyl/N-ethyl adjacent to an activating group) is 1. The van der Waals surface area contributed by atoms with E-state index in [9.17, 15) is 28.3 Å². The Morgan fingerprint density at radius 3 is 2.55 bits per heavy atom. The fraction of sp³-hybridized carbons (Fsp3) is 0.269. The van der Waals surface area contributed by atoms with Crippen LogP contribution in [-0.4, -0.2) is 48.4 Å². The van der Waals surface area contributed by atoms with E-state index in [1.54, 1.807) is 25.2 Å². The molecule has 1 aromatic heterocycles. The zero-order valence-corrected chi connectivity index (χ0v) is 21.2. The first-order valence-electron chi connectivity index (χ1n) is 11.7. The minimum atomic E-state index is -0.774. The summed E-state index contributed by atoms with van der Waals surface area (Å²) in [7, 11) is 1.65. The minimum Gasteiger partial charge on any atom is -0.487 e. The van der Waals surface area contributed by atoms with Gasteiger partial charge in [-0.05, 0) is 42.9 Å². The van der Waals surface area contributed by atoms with E-state index in [1.807, 2.05) is 0 Å². The molecule has 0 saturated carbocycles. The molecule has 9 nitrogen and oxygen atoms in total. The molecule has 0 atom stereocenters. The Morgan fingerprint density at radius 2 is 1.84 bits per heavy atom. The van der Waals surface area contributed by atoms with Gasteiger partial charge in [0, 0.05) is 17.8 Å². The van der Waals surface area contributed by atoms with Crippen molar-refractivity contribution < 1.29 is 28.2 Å². The molecule has 0 saturated heterocycles. The van der Waals surface area contributed by atoms with E-state index in [2.05, 4.69) is 5.32 Å². The highest BCUT2D eigenvalue weighted by Crippen LogP contribution is 2.37. The van der Waals surface area contributed by atoms with E-state index in [0.29, 0.717) is 16.9 Å². The number of ether oxygens (including phenoxy) is 1. The predicted molar refractivity (Wildman–Crippen MR) is 137 cm³/mol. The zero-order chi connectivity index (χ0) is 27.4. The summed E-state index contributed by atoms with van der Waals surface area (Å²) in [6.07, 6.45) is 1.37. The molecule has 12 heteroatoms. The molecule has 2 amide bonds. The summed E-state index contributed by atoms with van der Waals surface area (Å²) < 4.78 is 33.8. The van der Waals surface area contributed by atoms with Crippen molar-refractivity contribution in [2.24, 2.45) is 0 Å². The highest BCUT2D eigenvalue weighted by Gasteiger charge is 2.33. The molecule has 200 valence electrons. The highest BCUT2D eigenvalue weighted by molar-refractivity contribution is 6.31. The normalized spacial score (nSPS) is 12.6. The number of aliphatic hydroxyl groups is 1. The quantitative estimate of drug-likeness (QED) is 0.428. The lowest BCUT2D eigenvalue weighted by atomic mass is 10.1. The van der Waals surface area contributed by atoms with Gasteiger partial charge in [0.15, 0.2) is 0 Å². The zero-order valence-electron chi connectivity index (χ0n) is 20.4. The maximum Gasteiger partial charge on any atom is 0.273 e. The summed E-state index contributed by atoms with van der Waals surface area (Å²) in [4.78, 5) is 41.0. The van der Waals surface area contributed by atoms with Crippen LogP contribution in [0.15, 0.2) is 53.5 Å². The van der Waals surface area contributed by atoms with Crippen LogP contribution in [0.1, 0.15) is 17.5 Å². The van der Waals surface area contributed by atoms with Crippen molar-refractivity contribution in [1.29, 1.82) is 0 Å². The Hall–Kier alpha value is -3.80. The maximum atomic E-state index is 13.9. The van der Waals surface area contributed by atoms with Crippen LogP contribution in [0.5, 0.6) is 5.75 Å². The molecule has 0 unspecified atom stereocenters. The second kappa shape index (κ2) is 11.7. The van der Waals surface area contributed by atoms with Crippen LogP contribution in [0.25, 0.3) is 0 Å². The molecular weight excluding hydrogens is 522 g/mol. The number of pyridine rings is 1. The molecule has 0 radical (unpaired) electrons. The van der Waals surface area contributed by atoms with Crippen molar-refractivity contribution >= 4 is 34.8 Å². The van der Waals surface area contributed by atoms with Gasteiger partial charge < -0.3 is 19.7 Å². The third-order valence-electron chi connectivity index (χ3n) is 5.98. The average Bonchev–Trinajstić information content (AvgIpc) is 3.27. The number of carbonyl (C=O) groups excluding carboxylic acids is 2. The molecule has 2 heterocycles. The summed E-state index contributed by atoms with van der Waals surface area (Å²) >= 11 is 6.23. The van der Waals surface area contributed by atoms with Gasteiger partial charge in [-0.25, -0.2) is 8.78 Å². The maximum absolute atomic E-state index is 13.9. The van der Waals surface area contributed by atoms with Crippen LogP contribution < -0.4 is 25.4 Å². The molecular formula is C26H25ClF2N4O5. The SMILES string of the molecule is CNCC(=O)N1CN(C(=O)CCO)c2cc(Cn3ccc(OCc4ccc(F)cc4F)c(Cl)c3=O)ccc21. The number of fused-ring (bicyclic) bond motifs is 1. The number of hydrogen-bond acceptors (Lipinski definition) is 6. The van der Waals surface area contributed by atoms with Crippen LogP contribution in [-0.2, 0) is 22.7 Å². The number of amides is 2. The van der Waals surface area contributed by atoms with Crippen molar-refractivity contribution in [1.82, 2.24) is 9.88 Å². The van der Waals surface area contributed by atoms with E-state index >= 15 is 0 Å². The Labute approximate surface area is 221 Å². The molecule has 1 aliphatic rings. The van der Waals surface area contributed by atoms with Crippen LogP contribution >= 0.6 is 11.6 Å². The third-order valence-corrected chi connectivity index (χ3v) is 6.33. The summed E-state index contributed by atoms with van der Waals surface area (Å²) in [5.74, 6) is -2.00. The van der Waals surface area contributed by atoms with E-state index < -0.39 is 17.2 Å². The number of rotatable bonds is 9. The number of halogens is 3. The Balaban J connectivity index is 1.56. The summed E-state index contributed by atoms with van der Waals surface area (Å²) in [5.41, 5.74) is 1.25. The molecule has 0 bridgehead atoms. The van der Waals surface area contributed by atoms with E-state index in [0.717, 1.165) is 12.1 Å². The van der Waals surface area contributed by atoms with Gasteiger partial charge in [0.1, 0.15) is 35.7 Å². The lowest BCUT2D eigenvalue weighted by molar-refractivity contribution is -0.119. The number of aliphatic hydroxyl groups excluding tert-OH is 1. The van der Waals surface area contributed by atoms with E-state index in [-0.39, 0.29) is 67.5 Å². The smallest absolute Gasteiger partial charge is 0.273 e. The predicted octanol–water partition coefficient (Wildman–Crippen LogP) is 2.65. The van der Waals surface area contributed by atoms with Crippen LogP contribution in [0.3, 0.4) is 0 Å². The standard InChI is InChI=1S/C26H25ClF2N4O5/c1-30-12-24(36)32-15-33(23(35)7-9-34)21-10-16(2-5-20(21)32)13-31-8-6-22(25(27)26(31)37)38-14-17-3-4-18(28)11-19(17)29/h2-6,8,10-11,30,34H,7,9,12-15H2,1H3. The average molecular weight is 547 g/mol. The number of hydrogen-bond donors (Lipinski definition) is 2. The minimum absolute atomic E-state index is 0.0184.